The van der Waals surface area contributed by atoms with Gasteiger partial charge in [0.15, 0.2) is 0 Å². The van der Waals surface area contributed by atoms with Crippen molar-refractivity contribution in [3.63, 3.8) is 0 Å². The molecular formula is C24H14Cl2N6O2. The molecule has 0 radical (unpaired) electrons. The van der Waals surface area contributed by atoms with Crippen LogP contribution in [0.5, 0.6) is 0 Å². The second kappa shape index (κ2) is 7.72. The second-order valence-electron chi connectivity index (χ2n) is 7.69. The first-order valence-electron chi connectivity index (χ1n) is 10.2. The highest BCUT2D eigenvalue weighted by atomic mass is 35.5. The fourth-order valence-corrected chi connectivity index (χ4v) is 4.78. The Labute approximate surface area is 201 Å². The van der Waals surface area contributed by atoms with Crippen LogP contribution in [0.3, 0.4) is 0 Å². The quantitative estimate of drug-likeness (QED) is 0.378. The van der Waals surface area contributed by atoms with E-state index in [9.17, 15) is 9.59 Å². The normalized spacial score (nSPS) is 11.5. The van der Waals surface area contributed by atoms with Gasteiger partial charge in [-0.3, -0.25) is 9.59 Å². The summed E-state index contributed by atoms with van der Waals surface area (Å²) in [4.78, 5) is 29.3. The number of nitrogens with zero attached hydrogens (tertiary/aromatic N) is 4. The summed E-state index contributed by atoms with van der Waals surface area (Å²) in [6.07, 6.45) is 6.20. The van der Waals surface area contributed by atoms with Crippen molar-refractivity contribution < 1.29 is 0 Å². The Morgan fingerprint density at radius 3 is 1.47 bits per heavy atom. The van der Waals surface area contributed by atoms with Gasteiger partial charge < -0.3 is 9.97 Å². The second-order valence-corrected chi connectivity index (χ2v) is 8.44. The van der Waals surface area contributed by atoms with Crippen molar-refractivity contribution in [2.75, 3.05) is 0 Å². The van der Waals surface area contributed by atoms with Gasteiger partial charge in [0, 0.05) is 45.8 Å². The molecule has 4 aromatic heterocycles. The predicted molar refractivity (Wildman–Crippen MR) is 132 cm³/mol. The van der Waals surface area contributed by atoms with E-state index in [-0.39, 0.29) is 11.1 Å². The van der Waals surface area contributed by atoms with E-state index in [2.05, 4.69) is 20.2 Å². The minimum atomic E-state index is -0.238. The molecule has 166 valence electrons. The van der Waals surface area contributed by atoms with Gasteiger partial charge in [0.1, 0.15) is 23.7 Å². The van der Waals surface area contributed by atoms with Crippen LogP contribution >= 0.6 is 23.2 Å². The lowest BCUT2D eigenvalue weighted by Gasteiger charge is -2.13. The first-order valence-corrected chi connectivity index (χ1v) is 11.0. The van der Waals surface area contributed by atoms with Gasteiger partial charge in [0.2, 0.25) is 0 Å². The van der Waals surface area contributed by atoms with Crippen molar-refractivity contribution in [1.82, 2.24) is 29.2 Å². The van der Waals surface area contributed by atoms with Crippen LogP contribution in [0.4, 0.5) is 0 Å². The highest BCUT2D eigenvalue weighted by molar-refractivity contribution is 6.39. The summed E-state index contributed by atoms with van der Waals surface area (Å²) >= 11 is 13.7. The molecule has 34 heavy (non-hydrogen) atoms. The molecule has 2 aromatic carbocycles. The van der Waals surface area contributed by atoms with E-state index in [1.165, 1.54) is 21.7 Å². The number of hydrogen-bond acceptors (Lipinski definition) is 4. The number of hydrogen-bond donors (Lipinski definition) is 2. The highest BCUT2D eigenvalue weighted by Gasteiger charge is 2.17. The number of aromatic nitrogens is 6. The smallest absolute Gasteiger partial charge is 0.275 e. The van der Waals surface area contributed by atoms with E-state index in [1.807, 2.05) is 36.4 Å². The lowest BCUT2D eigenvalue weighted by Crippen LogP contribution is -2.09. The summed E-state index contributed by atoms with van der Waals surface area (Å²) < 4.78 is 3.02. The average Bonchev–Trinajstić information content (AvgIpc) is 3.46. The third kappa shape index (κ3) is 3.15. The average molecular weight is 489 g/mol. The van der Waals surface area contributed by atoms with Crippen molar-refractivity contribution in [3.05, 3.63) is 104 Å². The van der Waals surface area contributed by atoms with Gasteiger partial charge in [0.25, 0.3) is 11.1 Å². The molecule has 2 N–H and O–H groups in total. The first kappa shape index (κ1) is 20.5. The molecule has 0 saturated carbocycles. The molecule has 6 rings (SSSR count). The maximum absolute atomic E-state index is 12.1. The van der Waals surface area contributed by atoms with Crippen LogP contribution in [0.1, 0.15) is 0 Å². The van der Waals surface area contributed by atoms with Crippen LogP contribution in [0.2, 0.25) is 10.0 Å². The maximum atomic E-state index is 12.1. The molecule has 4 heterocycles. The molecule has 0 unspecified atom stereocenters. The Kier molecular flexibility index (Phi) is 4.65. The van der Waals surface area contributed by atoms with Gasteiger partial charge >= 0.3 is 0 Å². The Morgan fingerprint density at radius 1 is 0.647 bits per heavy atom. The van der Waals surface area contributed by atoms with Gasteiger partial charge in [0.05, 0.1) is 10.0 Å². The lowest BCUT2D eigenvalue weighted by atomic mass is 9.97. The van der Waals surface area contributed by atoms with E-state index >= 15 is 0 Å². The first-order chi connectivity index (χ1) is 16.5. The van der Waals surface area contributed by atoms with Crippen LogP contribution in [0.15, 0.2) is 83.2 Å². The molecular weight excluding hydrogens is 475 g/mol. The van der Waals surface area contributed by atoms with Crippen molar-refractivity contribution in [2.45, 2.75) is 0 Å². The molecule has 0 aliphatic heterocycles. The summed E-state index contributed by atoms with van der Waals surface area (Å²) in [5.74, 6) is 0. The number of rotatable bonds is 3. The zero-order valence-corrected chi connectivity index (χ0v) is 18.8. The molecule has 0 amide bonds. The number of benzene rings is 2. The Morgan fingerprint density at radius 2 is 1.06 bits per heavy atom. The van der Waals surface area contributed by atoms with Crippen LogP contribution in [-0.2, 0) is 0 Å². The minimum absolute atomic E-state index is 0.238. The third-order valence-corrected chi connectivity index (χ3v) is 6.55. The highest BCUT2D eigenvalue weighted by Crippen LogP contribution is 2.42. The van der Waals surface area contributed by atoms with E-state index in [0.717, 1.165) is 33.4 Å². The van der Waals surface area contributed by atoms with E-state index in [1.54, 1.807) is 24.5 Å². The van der Waals surface area contributed by atoms with Gasteiger partial charge in [-0.15, -0.1) is 0 Å². The molecule has 0 aliphatic rings. The topological polar surface area (TPSA) is 100 Å². The number of halogens is 2. The Hall–Kier alpha value is -4.14. The fourth-order valence-electron chi connectivity index (χ4n) is 4.10. The zero-order valence-electron chi connectivity index (χ0n) is 17.3. The molecule has 0 fully saturated rings. The predicted octanol–water partition coefficient (Wildman–Crippen LogP) is 4.67. The molecule has 0 bridgehead atoms. The third-order valence-electron chi connectivity index (χ3n) is 5.73. The van der Waals surface area contributed by atoms with Crippen LogP contribution in [0.25, 0.3) is 44.4 Å². The van der Waals surface area contributed by atoms with Gasteiger partial charge in [-0.25, -0.2) is 9.03 Å². The maximum Gasteiger partial charge on any atom is 0.275 e. The summed E-state index contributed by atoms with van der Waals surface area (Å²) in [5.41, 5.74) is 4.85. The molecule has 0 saturated heterocycles. The number of nitrogens with one attached hydrogen (secondary N) is 2. The lowest BCUT2D eigenvalue weighted by molar-refractivity contribution is 0.889. The molecule has 0 spiro atoms. The fraction of sp³-hybridized carbons (Fsp3) is 0. The van der Waals surface area contributed by atoms with Crippen molar-refractivity contribution in [2.24, 2.45) is 0 Å². The van der Waals surface area contributed by atoms with Gasteiger partial charge in [-0.2, -0.15) is 10.2 Å². The summed E-state index contributed by atoms with van der Waals surface area (Å²) in [5, 5.41) is 9.28. The SMILES string of the molecule is O=c1[nH]cnn2cc(-c3cccc(-c4cccc(-c5cc6c(=O)[nH]cnn6c5)c4Cl)c3Cl)cc12. The Balaban J connectivity index is 1.50. The van der Waals surface area contributed by atoms with Crippen molar-refractivity contribution in [1.29, 1.82) is 0 Å². The van der Waals surface area contributed by atoms with Gasteiger partial charge in [-0.1, -0.05) is 59.6 Å². The number of H-pyrrole nitrogens is 2. The van der Waals surface area contributed by atoms with Crippen LogP contribution < -0.4 is 11.1 Å². The minimum Gasteiger partial charge on any atom is -0.310 e. The molecule has 0 aliphatic carbocycles. The number of fused-ring (bicyclic) bond motifs is 2. The monoisotopic (exact) mass is 488 g/mol. The van der Waals surface area contributed by atoms with E-state index < -0.39 is 0 Å². The van der Waals surface area contributed by atoms with Crippen LogP contribution in [-0.4, -0.2) is 29.2 Å². The molecule has 0 atom stereocenters. The molecule has 6 aromatic rings. The zero-order chi connectivity index (χ0) is 23.4. The van der Waals surface area contributed by atoms with E-state index in [4.69, 9.17) is 23.2 Å². The Bertz CT molecular complexity index is 1710. The van der Waals surface area contributed by atoms with Gasteiger partial charge in [-0.05, 0) is 12.1 Å². The number of aromatic amines is 2. The van der Waals surface area contributed by atoms with Crippen molar-refractivity contribution >= 4 is 34.2 Å². The standard InChI is InChI=1S/C24H14Cl2N6O2/c25-21-15(13-7-19-23(33)27-11-29-31(19)9-13)3-1-5-17(21)18-6-2-4-16(22(18)26)14-8-20-24(34)28-12-30-32(20)10-14/h1-12H,(H,27,29,33)(H,28,30,34). The summed E-state index contributed by atoms with van der Waals surface area (Å²) in [6.45, 7) is 0. The summed E-state index contributed by atoms with van der Waals surface area (Å²) in [6, 6.07) is 14.8. The molecule has 10 heteroatoms. The summed E-state index contributed by atoms with van der Waals surface area (Å²) in [7, 11) is 0. The van der Waals surface area contributed by atoms with Crippen LogP contribution in [0, 0.1) is 0 Å². The van der Waals surface area contributed by atoms with Crippen molar-refractivity contribution in [3.8, 4) is 33.4 Å². The van der Waals surface area contributed by atoms with E-state index in [0.29, 0.717) is 21.1 Å². The largest absolute Gasteiger partial charge is 0.310 e. The molecule has 8 nitrogen and oxygen atoms in total.